The summed E-state index contributed by atoms with van der Waals surface area (Å²) < 4.78 is 0. The third-order valence-electron chi connectivity index (χ3n) is 4.32. The van der Waals surface area contributed by atoms with Crippen LogP contribution in [0.15, 0.2) is 0 Å². The van der Waals surface area contributed by atoms with Gasteiger partial charge in [-0.2, -0.15) is 0 Å². The van der Waals surface area contributed by atoms with E-state index in [0.29, 0.717) is 5.41 Å². The molecule has 0 radical (unpaired) electrons. The number of likely N-dealkylation sites (tertiary alicyclic amines) is 1. The van der Waals surface area contributed by atoms with Crippen LogP contribution in [0.3, 0.4) is 0 Å². The lowest BCUT2D eigenvalue weighted by atomic mass is 9.87. The lowest BCUT2D eigenvalue weighted by Crippen LogP contribution is -2.34. The molecular weight excluding hydrogens is 158 g/mol. The van der Waals surface area contributed by atoms with Gasteiger partial charge in [0.1, 0.15) is 0 Å². The molecule has 0 aromatic carbocycles. The van der Waals surface area contributed by atoms with Crippen LogP contribution < -0.4 is 0 Å². The molecule has 0 spiro atoms. The van der Waals surface area contributed by atoms with E-state index in [1.165, 1.54) is 38.8 Å². The van der Waals surface area contributed by atoms with Crippen LogP contribution in [0.25, 0.3) is 0 Å². The maximum Gasteiger partial charge on any atom is 0.00954 e. The van der Waals surface area contributed by atoms with Crippen molar-refractivity contribution in [1.82, 2.24) is 4.90 Å². The Morgan fingerprint density at radius 1 is 1.46 bits per heavy atom. The number of rotatable bonds is 3. The first-order valence-electron chi connectivity index (χ1n) is 5.89. The van der Waals surface area contributed by atoms with Gasteiger partial charge in [0.2, 0.25) is 0 Å². The van der Waals surface area contributed by atoms with Crippen LogP contribution in [0.4, 0.5) is 0 Å². The average molecular weight is 181 g/mol. The Labute approximate surface area is 82.5 Å². The van der Waals surface area contributed by atoms with E-state index in [9.17, 15) is 0 Å². The van der Waals surface area contributed by atoms with Gasteiger partial charge in [-0.25, -0.2) is 0 Å². The Hall–Kier alpha value is -0.0400. The minimum atomic E-state index is 0.628. The van der Waals surface area contributed by atoms with Gasteiger partial charge in [0.15, 0.2) is 0 Å². The van der Waals surface area contributed by atoms with Gasteiger partial charge in [0, 0.05) is 12.6 Å². The molecule has 1 saturated heterocycles. The summed E-state index contributed by atoms with van der Waals surface area (Å²) in [6.07, 6.45) is 5.74. The molecule has 2 unspecified atom stereocenters. The molecule has 0 N–H and O–H groups in total. The Morgan fingerprint density at radius 3 is 2.62 bits per heavy atom. The van der Waals surface area contributed by atoms with Crippen molar-refractivity contribution in [3.8, 4) is 0 Å². The molecule has 1 heteroatoms. The second kappa shape index (κ2) is 3.27. The minimum absolute atomic E-state index is 0.628. The molecule has 2 aliphatic rings. The summed E-state index contributed by atoms with van der Waals surface area (Å²) in [5, 5.41) is 0. The molecule has 1 aliphatic heterocycles. The summed E-state index contributed by atoms with van der Waals surface area (Å²) in [5.41, 5.74) is 0.628. The van der Waals surface area contributed by atoms with Crippen molar-refractivity contribution in [2.75, 3.05) is 13.1 Å². The molecule has 76 valence electrons. The van der Waals surface area contributed by atoms with Crippen LogP contribution in [0.5, 0.6) is 0 Å². The van der Waals surface area contributed by atoms with Crippen molar-refractivity contribution < 1.29 is 0 Å². The van der Waals surface area contributed by atoms with Gasteiger partial charge in [0.25, 0.3) is 0 Å². The number of nitrogens with zero attached hydrogens (tertiary/aromatic N) is 1. The zero-order valence-corrected chi connectivity index (χ0v) is 9.34. The molecule has 0 amide bonds. The third-order valence-corrected chi connectivity index (χ3v) is 4.32. The van der Waals surface area contributed by atoms with E-state index in [0.717, 1.165) is 12.0 Å². The third kappa shape index (κ3) is 1.90. The largest absolute Gasteiger partial charge is 0.300 e. The van der Waals surface area contributed by atoms with E-state index >= 15 is 0 Å². The highest BCUT2D eigenvalue weighted by molar-refractivity contribution is 4.92. The van der Waals surface area contributed by atoms with Gasteiger partial charge in [0.05, 0.1) is 0 Å². The van der Waals surface area contributed by atoms with Crippen molar-refractivity contribution >= 4 is 0 Å². The van der Waals surface area contributed by atoms with Crippen LogP contribution in [0.1, 0.15) is 46.5 Å². The molecule has 2 fully saturated rings. The fourth-order valence-corrected chi connectivity index (χ4v) is 2.57. The molecule has 1 nitrogen and oxygen atoms in total. The summed E-state index contributed by atoms with van der Waals surface area (Å²) >= 11 is 0. The summed E-state index contributed by atoms with van der Waals surface area (Å²) in [5.74, 6) is 1.04. The maximum atomic E-state index is 2.72. The second-order valence-electron chi connectivity index (χ2n) is 5.46. The minimum Gasteiger partial charge on any atom is -0.300 e. The van der Waals surface area contributed by atoms with E-state index in [1.54, 1.807) is 0 Å². The molecule has 0 aromatic rings. The number of hydrogen-bond donors (Lipinski definition) is 0. The van der Waals surface area contributed by atoms with Crippen molar-refractivity contribution in [1.29, 1.82) is 0 Å². The maximum absolute atomic E-state index is 2.72. The molecule has 13 heavy (non-hydrogen) atoms. The smallest absolute Gasteiger partial charge is 0.00954 e. The molecule has 2 rings (SSSR count). The molecular formula is C12H23N. The van der Waals surface area contributed by atoms with Gasteiger partial charge in [-0.05, 0) is 50.5 Å². The molecule has 1 heterocycles. The first-order valence-corrected chi connectivity index (χ1v) is 5.89. The zero-order valence-electron chi connectivity index (χ0n) is 9.34. The van der Waals surface area contributed by atoms with Gasteiger partial charge < -0.3 is 0 Å². The summed E-state index contributed by atoms with van der Waals surface area (Å²) in [4.78, 5) is 2.72. The average Bonchev–Trinajstić information content (AvgIpc) is 2.89. The lowest BCUT2D eigenvalue weighted by molar-refractivity contribution is 0.201. The van der Waals surface area contributed by atoms with Gasteiger partial charge in [-0.15, -0.1) is 0 Å². The topological polar surface area (TPSA) is 3.24 Å². The van der Waals surface area contributed by atoms with Crippen LogP contribution in [0, 0.1) is 11.3 Å². The van der Waals surface area contributed by atoms with E-state index in [2.05, 4.69) is 25.7 Å². The Balaban J connectivity index is 1.89. The Bertz CT molecular complexity index is 186. The summed E-state index contributed by atoms with van der Waals surface area (Å²) in [7, 11) is 0. The highest BCUT2D eigenvalue weighted by Gasteiger charge is 2.39. The van der Waals surface area contributed by atoms with E-state index < -0.39 is 0 Å². The summed E-state index contributed by atoms with van der Waals surface area (Å²) in [6.45, 7) is 9.92. The van der Waals surface area contributed by atoms with Crippen LogP contribution in [-0.2, 0) is 0 Å². The van der Waals surface area contributed by atoms with Crippen molar-refractivity contribution in [3.05, 3.63) is 0 Å². The Morgan fingerprint density at radius 2 is 2.15 bits per heavy atom. The fourth-order valence-electron chi connectivity index (χ4n) is 2.57. The first-order chi connectivity index (χ1) is 6.14. The monoisotopic (exact) mass is 181 g/mol. The fraction of sp³-hybridized carbons (Fsp3) is 1.00. The van der Waals surface area contributed by atoms with Crippen molar-refractivity contribution in [2.24, 2.45) is 11.3 Å². The van der Waals surface area contributed by atoms with E-state index in [1.807, 2.05) is 0 Å². The molecule has 1 aliphatic carbocycles. The van der Waals surface area contributed by atoms with E-state index in [4.69, 9.17) is 0 Å². The van der Waals surface area contributed by atoms with Crippen molar-refractivity contribution in [3.63, 3.8) is 0 Å². The highest BCUT2D eigenvalue weighted by atomic mass is 15.2. The van der Waals surface area contributed by atoms with Crippen LogP contribution >= 0.6 is 0 Å². The number of hydrogen-bond acceptors (Lipinski definition) is 1. The molecule has 1 saturated carbocycles. The molecule has 0 bridgehead atoms. The van der Waals surface area contributed by atoms with Gasteiger partial charge >= 0.3 is 0 Å². The Kier molecular flexibility index (Phi) is 2.39. The predicted octanol–water partition coefficient (Wildman–Crippen LogP) is 2.91. The standard InChI is InChI=1S/C12H23N/c1-4-12(3)7-8-13(9-12)10(2)11-5-6-11/h10-11H,4-9H2,1-3H3. The zero-order chi connectivity index (χ0) is 9.47. The summed E-state index contributed by atoms with van der Waals surface area (Å²) in [6, 6.07) is 0.869. The van der Waals surface area contributed by atoms with E-state index in [-0.39, 0.29) is 0 Å². The second-order valence-corrected chi connectivity index (χ2v) is 5.46. The normalized spacial score (nSPS) is 38.1. The van der Waals surface area contributed by atoms with Crippen LogP contribution in [-0.4, -0.2) is 24.0 Å². The predicted molar refractivity (Wildman–Crippen MR) is 56.8 cm³/mol. The van der Waals surface area contributed by atoms with Crippen LogP contribution in [0.2, 0.25) is 0 Å². The SMILES string of the molecule is CCC1(C)CCN(C(C)C2CC2)C1. The van der Waals surface area contributed by atoms with Gasteiger partial charge in [-0.1, -0.05) is 13.8 Å². The van der Waals surface area contributed by atoms with Crippen molar-refractivity contribution in [2.45, 2.75) is 52.5 Å². The highest BCUT2D eigenvalue weighted by Crippen LogP contribution is 2.40. The first kappa shape index (κ1) is 9.51. The molecule has 2 atom stereocenters. The molecule has 0 aromatic heterocycles. The quantitative estimate of drug-likeness (QED) is 0.647. The lowest BCUT2D eigenvalue weighted by Gasteiger charge is -2.27. The van der Waals surface area contributed by atoms with Gasteiger partial charge in [-0.3, -0.25) is 4.90 Å².